The molecule has 1 aliphatic rings. The average Bonchev–Trinajstić information content (AvgIpc) is 2.67. The summed E-state index contributed by atoms with van der Waals surface area (Å²) in [6, 6.07) is 14.9. The van der Waals surface area contributed by atoms with Crippen molar-refractivity contribution in [3.05, 3.63) is 65.2 Å². The van der Waals surface area contributed by atoms with E-state index in [0.717, 1.165) is 18.5 Å². The van der Waals surface area contributed by atoms with Gasteiger partial charge in [0.2, 0.25) is 0 Å². The first-order chi connectivity index (χ1) is 12.2. The summed E-state index contributed by atoms with van der Waals surface area (Å²) in [5, 5.41) is 2.77. The Hall–Kier alpha value is -2.66. The molecule has 5 heteroatoms. The second-order valence-corrected chi connectivity index (χ2v) is 6.02. The van der Waals surface area contributed by atoms with Gasteiger partial charge in [0.15, 0.2) is 0 Å². The molecule has 0 saturated heterocycles. The molecule has 1 aliphatic heterocycles. The fourth-order valence-electron chi connectivity index (χ4n) is 3.06. The third-order valence-corrected chi connectivity index (χ3v) is 4.32. The number of amides is 2. The van der Waals surface area contributed by atoms with Crippen LogP contribution in [0.3, 0.4) is 0 Å². The molecule has 0 bridgehead atoms. The van der Waals surface area contributed by atoms with Crippen molar-refractivity contribution in [1.82, 2.24) is 5.32 Å². The van der Waals surface area contributed by atoms with Crippen molar-refractivity contribution < 1.29 is 14.3 Å². The number of nitrogens with zero attached hydrogens (tertiary/aromatic N) is 1. The normalized spacial score (nSPS) is 13.2. The van der Waals surface area contributed by atoms with Crippen molar-refractivity contribution >= 4 is 17.5 Å². The number of rotatable bonds is 5. The van der Waals surface area contributed by atoms with Crippen LogP contribution in [-0.2, 0) is 11.2 Å². The van der Waals surface area contributed by atoms with Crippen LogP contribution in [0.15, 0.2) is 48.5 Å². The molecule has 1 N–H and O–H groups in total. The van der Waals surface area contributed by atoms with Crippen LogP contribution >= 0.6 is 0 Å². The zero-order chi connectivity index (χ0) is 17.6. The van der Waals surface area contributed by atoms with Gasteiger partial charge in [-0.2, -0.15) is 0 Å². The van der Waals surface area contributed by atoms with E-state index < -0.39 is 0 Å². The van der Waals surface area contributed by atoms with E-state index in [9.17, 15) is 9.59 Å². The monoisotopic (exact) mass is 338 g/mol. The summed E-state index contributed by atoms with van der Waals surface area (Å²) >= 11 is 0. The molecule has 130 valence electrons. The van der Waals surface area contributed by atoms with E-state index in [1.165, 1.54) is 5.56 Å². The molecule has 0 atom stereocenters. The SMILES string of the molecule is COCCNC(=O)c1cccc(C(=O)N2CCCc3ccccc32)c1. The Morgan fingerprint density at radius 2 is 1.92 bits per heavy atom. The zero-order valence-corrected chi connectivity index (χ0v) is 14.3. The number of hydrogen-bond acceptors (Lipinski definition) is 3. The number of aryl methyl sites for hydroxylation is 1. The Morgan fingerprint density at radius 3 is 2.76 bits per heavy atom. The van der Waals surface area contributed by atoms with E-state index in [-0.39, 0.29) is 11.8 Å². The highest BCUT2D eigenvalue weighted by atomic mass is 16.5. The number of benzene rings is 2. The lowest BCUT2D eigenvalue weighted by atomic mass is 10.0. The molecule has 1 heterocycles. The predicted molar refractivity (Wildman–Crippen MR) is 97.1 cm³/mol. The Balaban J connectivity index is 1.80. The summed E-state index contributed by atoms with van der Waals surface area (Å²) in [5.41, 5.74) is 3.16. The van der Waals surface area contributed by atoms with Gasteiger partial charge in [0.1, 0.15) is 0 Å². The number of ether oxygens (including phenoxy) is 1. The number of hydrogen-bond donors (Lipinski definition) is 1. The Morgan fingerprint density at radius 1 is 1.12 bits per heavy atom. The first kappa shape index (κ1) is 17.2. The second-order valence-electron chi connectivity index (χ2n) is 6.02. The minimum Gasteiger partial charge on any atom is -0.383 e. The zero-order valence-electron chi connectivity index (χ0n) is 14.3. The first-order valence-corrected chi connectivity index (χ1v) is 8.47. The van der Waals surface area contributed by atoms with Crippen molar-refractivity contribution in [2.24, 2.45) is 0 Å². The van der Waals surface area contributed by atoms with Crippen molar-refractivity contribution in [3.8, 4) is 0 Å². The van der Waals surface area contributed by atoms with Crippen LogP contribution in [0.2, 0.25) is 0 Å². The van der Waals surface area contributed by atoms with E-state index >= 15 is 0 Å². The molecule has 0 aromatic heterocycles. The smallest absolute Gasteiger partial charge is 0.258 e. The number of fused-ring (bicyclic) bond motifs is 1. The lowest BCUT2D eigenvalue weighted by molar-refractivity contribution is 0.0937. The molecule has 0 fully saturated rings. The van der Waals surface area contributed by atoms with Gasteiger partial charge in [0, 0.05) is 37.0 Å². The van der Waals surface area contributed by atoms with E-state index in [4.69, 9.17) is 4.74 Å². The number of carbonyl (C=O) groups is 2. The first-order valence-electron chi connectivity index (χ1n) is 8.47. The number of para-hydroxylation sites is 1. The number of carbonyl (C=O) groups excluding carboxylic acids is 2. The summed E-state index contributed by atoms with van der Waals surface area (Å²) in [7, 11) is 1.59. The van der Waals surface area contributed by atoms with Crippen LogP contribution in [0.25, 0.3) is 0 Å². The summed E-state index contributed by atoms with van der Waals surface area (Å²) in [6.45, 7) is 1.59. The number of nitrogens with one attached hydrogen (secondary N) is 1. The molecule has 0 radical (unpaired) electrons. The molecule has 5 nitrogen and oxygen atoms in total. The lowest BCUT2D eigenvalue weighted by Gasteiger charge is -2.29. The summed E-state index contributed by atoms with van der Waals surface area (Å²) in [5.74, 6) is -0.274. The lowest BCUT2D eigenvalue weighted by Crippen LogP contribution is -2.35. The Bertz CT molecular complexity index is 773. The van der Waals surface area contributed by atoms with Gasteiger partial charge in [-0.1, -0.05) is 24.3 Å². The minimum atomic E-state index is -0.203. The van der Waals surface area contributed by atoms with E-state index in [0.29, 0.717) is 30.8 Å². The molecule has 2 aromatic rings. The van der Waals surface area contributed by atoms with E-state index in [1.54, 1.807) is 36.3 Å². The van der Waals surface area contributed by atoms with Gasteiger partial charge in [-0.3, -0.25) is 9.59 Å². The van der Waals surface area contributed by atoms with Crippen molar-refractivity contribution in [2.45, 2.75) is 12.8 Å². The maximum atomic E-state index is 13.0. The molecule has 2 amide bonds. The average molecular weight is 338 g/mol. The standard InChI is InChI=1S/C20H22N2O3/c1-25-13-11-21-19(23)16-7-4-8-17(14-16)20(24)22-12-5-9-15-6-2-3-10-18(15)22/h2-4,6-8,10,14H,5,9,11-13H2,1H3,(H,21,23). The van der Waals surface area contributed by atoms with Crippen LogP contribution in [0.4, 0.5) is 5.69 Å². The molecule has 2 aromatic carbocycles. The predicted octanol–water partition coefficient (Wildman–Crippen LogP) is 2.66. The van der Waals surface area contributed by atoms with Gasteiger partial charge in [-0.05, 0) is 42.7 Å². The highest BCUT2D eigenvalue weighted by Gasteiger charge is 2.23. The maximum Gasteiger partial charge on any atom is 0.258 e. The van der Waals surface area contributed by atoms with Gasteiger partial charge in [-0.25, -0.2) is 0 Å². The minimum absolute atomic E-state index is 0.0707. The van der Waals surface area contributed by atoms with Crippen LogP contribution < -0.4 is 10.2 Å². The summed E-state index contributed by atoms with van der Waals surface area (Å²) in [4.78, 5) is 27.0. The van der Waals surface area contributed by atoms with E-state index in [1.807, 2.05) is 18.2 Å². The Kier molecular flexibility index (Phi) is 5.46. The van der Waals surface area contributed by atoms with Gasteiger partial charge in [0.25, 0.3) is 11.8 Å². The quantitative estimate of drug-likeness (QED) is 0.853. The van der Waals surface area contributed by atoms with Gasteiger partial charge in [-0.15, -0.1) is 0 Å². The Labute approximate surface area is 147 Å². The molecule has 3 rings (SSSR count). The van der Waals surface area contributed by atoms with Crippen LogP contribution in [0.1, 0.15) is 32.7 Å². The van der Waals surface area contributed by atoms with Crippen LogP contribution in [0.5, 0.6) is 0 Å². The molecule has 0 saturated carbocycles. The van der Waals surface area contributed by atoms with Crippen molar-refractivity contribution in [1.29, 1.82) is 0 Å². The van der Waals surface area contributed by atoms with Gasteiger partial charge < -0.3 is 15.0 Å². The molecule has 25 heavy (non-hydrogen) atoms. The third kappa shape index (κ3) is 3.88. The van der Waals surface area contributed by atoms with E-state index in [2.05, 4.69) is 11.4 Å². The van der Waals surface area contributed by atoms with Crippen molar-refractivity contribution in [2.75, 3.05) is 31.7 Å². The molecule has 0 spiro atoms. The largest absolute Gasteiger partial charge is 0.383 e. The fraction of sp³-hybridized carbons (Fsp3) is 0.300. The molecule has 0 unspecified atom stereocenters. The maximum absolute atomic E-state index is 13.0. The second kappa shape index (κ2) is 7.94. The summed E-state index contributed by atoms with van der Waals surface area (Å²) < 4.78 is 4.93. The van der Waals surface area contributed by atoms with Gasteiger partial charge in [0.05, 0.1) is 6.61 Å². The van der Waals surface area contributed by atoms with Crippen LogP contribution in [0, 0.1) is 0 Å². The highest BCUT2D eigenvalue weighted by molar-refractivity contribution is 6.08. The van der Waals surface area contributed by atoms with Gasteiger partial charge >= 0.3 is 0 Å². The molecule has 0 aliphatic carbocycles. The summed E-state index contributed by atoms with van der Waals surface area (Å²) in [6.07, 6.45) is 1.93. The molecular formula is C20H22N2O3. The third-order valence-electron chi connectivity index (χ3n) is 4.32. The molecular weight excluding hydrogens is 316 g/mol. The fourth-order valence-corrected chi connectivity index (χ4v) is 3.06. The number of anilines is 1. The number of methoxy groups -OCH3 is 1. The highest BCUT2D eigenvalue weighted by Crippen LogP contribution is 2.28. The topological polar surface area (TPSA) is 58.6 Å². The van der Waals surface area contributed by atoms with Crippen LogP contribution in [-0.4, -0.2) is 38.6 Å². The van der Waals surface area contributed by atoms with Crippen molar-refractivity contribution in [3.63, 3.8) is 0 Å².